The Morgan fingerprint density at radius 1 is 1.47 bits per heavy atom. The van der Waals surface area contributed by atoms with Crippen molar-refractivity contribution in [2.75, 3.05) is 0 Å². The van der Waals surface area contributed by atoms with E-state index in [0.717, 1.165) is 10.9 Å². The topological polar surface area (TPSA) is 38.9 Å². The zero-order chi connectivity index (χ0) is 11.0. The third kappa shape index (κ3) is 1.68. The van der Waals surface area contributed by atoms with Crippen molar-refractivity contribution in [1.29, 1.82) is 0 Å². The predicted molar refractivity (Wildman–Crippen MR) is 62.3 cm³/mol. The number of pyridine rings is 1. The molecular formula is C11H9FN2S. The van der Waals surface area contributed by atoms with Crippen molar-refractivity contribution in [2.24, 2.45) is 5.73 Å². The molecule has 2 rings (SSSR count). The average molecular weight is 220 g/mol. The van der Waals surface area contributed by atoms with Gasteiger partial charge in [-0.3, -0.25) is 4.98 Å². The van der Waals surface area contributed by atoms with Gasteiger partial charge in [0.2, 0.25) is 0 Å². The molecule has 0 aliphatic carbocycles. The minimum atomic E-state index is -0.346. The summed E-state index contributed by atoms with van der Waals surface area (Å²) < 4.78 is 13.3. The molecule has 0 saturated heterocycles. The summed E-state index contributed by atoms with van der Waals surface area (Å²) in [6, 6.07) is 4.58. The maximum absolute atomic E-state index is 13.3. The van der Waals surface area contributed by atoms with Crippen molar-refractivity contribution in [3.8, 4) is 0 Å². The Balaban J connectivity index is 2.92. The quantitative estimate of drug-likeness (QED) is 0.749. The van der Waals surface area contributed by atoms with Crippen molar-refractivity contribution in [3.63, 3.8) is 0 Å². The molecule has 0 amide bonds. The van der Waals surface area contributed by atoms with E-state index in [0.29, 0.717) is 11.1 Å². The number of hydrogen-bond acceptors (Lipinski definition) is 2. The maximum Gasteiger partial charge on any atom is 0.124 e. The fraction of sp³-hybridized carbons (Fsp3) is 0.0909. The maximum atomic E-state index is 13.3. The molecule has 1 heterocycles. The first kappa shape index (κ1) is 9.98. The molecule has 0 saturated carbocycles. The molecular weight excluding hydrogens is 211 g/mol. The molecule has 15 heavy (non-hydrogen) atoms. The number of rotatable bonds is 1. The highest BCUT2D eigenvalue weighted by atomic mass is 32.1. The lowest BCUT2D eigenvalue weighted by atomic mass is 10.1. The number of benzene rings is 1. The lowest BCUT2D eigenvalue weighted by Crippen LogP contribution is -2.11. The van der Waals surface area contributed by atoms with Gasteiger partial charge in [0.1, 0.15) is 10.8 Å². The van der Waals surface area contributed by atoms with Crippen LogP contribution < -0.4 is 5.73 Å². The first-order valence-corrected chi connectivity index (χ1v) is 4.85. The van der Waals surface area contributed by atoms with Gasteiger partial charge in [0.25, 0.3) is 0 Å². The highest BCUT2D eigenvalue weighted by Gasteiger charge is 2.08. The van der Waals surface area contributed by atoms with Gasteiger partial charge in [-0.2, -0.15) is 0 Å². The molecule has 2 N–H and O–H groups in total. The van der Waals surface area contributed by atoms with Gasteiger partial charge in [-0.05, 0) is 30.7 Å². The second kappa shape index (κ2) is 3.55. The van der Waals surface area contributed by atoms with Crippen molar-refractivity contribution in [3.05, 3.63) is 41.3 Å². The Hall–Kier alpha value is -1.55. The molecule has 0 bridgehead atoms. The van der Waals surface area contributed by atoms with Crippen molar-refractivity contribution >= 4 is 28.1 Å². The van der Waals surface area contributed by atoms with E-state index in [1.165, 1.54) is 12.1 Å². The Labute approximate surface area is 91.9 Å². The molecule has 1 aromatic heterocycles. The molecule has 2 aromatic rings. The summed E-state index contributed by atoms with van der Waals surface area (Å²) in [6.07, 6.45) is 1.66. The van der Waals surface area contributed by atoms with E-state index < -0.39 is 0 Å². The van der Waals surface area contributed by atoms with E-state index >= 15 is 0 Å². The molecule has 0 aliphatic heterocycles. The van der Waals surface area contributed by atoms with Gasteiger partial charge < -0.3 is 5.73 Å². The molecule has 76 valence electrons. The molecule has 1 aromatic carbocycles. The van der Waals surface area contributed by atoms with Crippen LogP contribution in [0.15, 0.2) is 24.4 Å². The monoisotopic (exact) mass is 220 g/mol. The standard InChI is InChI=1S/C11H9FN2S/c1-6-2-3-14-10-8(6)4-7(12)5-9(10)11(13)15/h2-5H,1H3,(H2,13,15). The number of halogens is 1. The van der Waals surface area contributed by atoms with Crippen LogP contribution in [0, 0.1) is 12.7 Å². The highest BCUT2D eigenvalue weighted by molar-refractivity contribution is 7.80. The van der Waals surface area contributed by atoms with Gasteiger partial charge in [0.05, 0.1) is 5.52 Å². The van der Waals surface area contributed by atoms with Gasteiger partial charge in [-0.25, -0.2) is 4.39 Å². The van der Waals surface area contributed by atoms with E-state index in [1.807, 2.05) is 13.0 Å². The molecule has 0 atom stereocenters. The Bertz CT molecular complexity index is 552. The van der Waals surface area contributed by atoms with Crippen LogP contribution in [0.25, 0.3) is 10.9 Å². The molecule has 0 unspecified atom stereocenters. The van der Waals surface area contributed by atoms with Crippen LogP contribution >= 0.6 is 12.2 Å². The van der Waals surface area contributed by atoms with E-state index in [-0.39, 0.29) is 10.8 Å². The number of fused-ring (bicyclic) bond motifs is 1. The third-order valence-electron chi connectivity index (χ3n) is 2.29. The zero-order valence-electron chi connectivity index (χ0n) is 8.12. The summed E-state index contributed by atoms with van der Waals surface area (Å²) in [4.78, 5) is 4.33. The van der Waals surface area contributed by atoms with Crippen molar-refractivity contribution in [2.45, 2.75) is 6.92 Å². The van der Waals surface area contributed by atoms with Gasteiger partial charge in [0, 0.05) is 17.1 Å². The summed E-state index contributed by atoms with van der Waals surface area (Å²) in [5.74, 6) is -0.346. The predicted octanol–water partition coefficient (Wildman–Crippen LogP) is 2.32. The van der Waals surface area contributed by atoms with Crippen molar-refractivity contribution in [1.82, 2.24) is 4.98 Å². The molecule has 4 heteroatoms. The summed E-state index contributed by atoms with van der Waals surface area (Å²) in [5.41, 5.74) is 7.63. The first-order chi connectivity index (χ1) is 7.09. The second-order valence-corrected chi connectivity index (χ2v) is 3.78. The van der Waals surface area contributed by atoms with E-state index in [9.17, 15) is 4.39 Å². The summed E-state index contributed by atoms with van der Waals surface area (Å²) in [5, 5.41) is 0.750. The number of aromatic nitrogens is 1. The largest absolute Gasteiger partial charge is 0.389 e. The van der Waals surface area contributed by atoms with Gasteiger partial charge in [-0.15, -0.1) is 0 Å². The number of aryl methyl sites for hydroxylation is 1. The Morgan fingerprint density at radius 3 is 2.87 bits per heavy atom. The van der Waals surface area contributed by atoms with Crippen LogP contribution in [-0.2, 0) is 0 Å². The van der Waals surface area contributed by atoms with Gasteiger partial charge in [0.15, 0.2) is 0 Å². The van der Waals surface area contributed by atoms with Gasteiger partial charge >= 0.3 is 0 Å². The number of nitrogens with two attached hydrogens (primary N) is 1. The SMILES string of the molecule is Cc1ccnc2c(C(N)=S)cc(F)cc12. The van der Waals surface area contributed by atoms with E-state index in [1.54, 1.807) is 6.20 Å². The zero-order valence-corrected chi connectivity index (χ0v) is 8.94. The molecule has 0 aliphatic rings. The Morgan fingerprint density at radius 2 is 2.20 bits per heavy atom. The average Bonchev–Trinajstić information content (AvgIpc) is 2.18. The highest BCUT2D eigenvalue weighted by Crippen LogP contribution is 2.21. The lowest BCUT2D eigenvalue weighted by molar-refractivity contribution is 0.629. The van der Waals surface area contributed by atoms with Crippen LogP contribution in [0.4, 0.5) is 4.39 Å². The minimum absolute atomic E-state index is 0.164. The number of nitrogens with zero attached hydrogens (tertiary/aromatic N) is 1. The molecule has 0 spiro atoms. The fourth-order valence-corrected chi connectivity index (χ4v) is 1.70. The fourth-order valence-electron chi connectivity index (χ4n) is 1.54. The third-order valence-corrected chi connectivity index (χ3v) is 2.51. The summed E-state index contributed by atoms with van der Waals surface area (Å²) in [6.45, 7) is 1.90. The Kier molecular flexibility index (Phi) is 2.36. The molecule has 0 fully saturated rings. The van der Waals surface area contributed by atoms with Crippen LogP contribution in [-0.4, -0.2) is 9.97 Å². The molecule has 0 radical (unpaired) electrons. The normalized spacial score (nSPS) is 10.5. The van der Waals surface area contributed by atoms with Gasteiger partial charge in [-0.1, -0.05) is 12.2 Å². The van der Waals surface area contributed by atoms with Crippen molar-refractivity contribution < 1.29 is 4.39 Å². The van der Waals surface area contributed by atoms with E-state index in [4.69, 9.17) is 18.0 Å². The smallest absolute Gasteiger partial charge is 0.124 e. The number of hydrogen-bond donors (Lipinski definition) is 1. The van der Waals surface area contributed by atoms with E-state index in [2.05, 4.69) is 4.98 Å². The van der Waals surface area contributed by atoms with Crippen LogP contribution in [0.5, 0.6) is 0 Å². The van der Waals surface area contributed by atoms with Crippen LogP contribution in [0.1, 0.15) is 11.1 Å². The lowest BCUT2D eigenvalue weighted by Gasteiger charge is -2.06. The minimum Gasteiger partial charge on any atom is -0.389 e. The van der Waals surface area contributed by atoms with Crippen LogP contribution in [0.3, 0.4) is 0 Å². The summed E-state index contributed by atoms with van der Waals surface area (Å²) in [7, 11) is 0. The molecule has 2 nitrogen and oxygen atoms in total. The second-order valence-electron chi connectivity index (χ2n) is 3.34. The van der Waals surface area contributed by atoms with Crippen LogP contribution in [0.2, 0.25) is 0 Å². The number of thiocarbonyl (C=S) groups is 1. The first-order valence-electron chi connectivity index (χ1n) is 4.44. The summed E-state index contributed by atoms with van der Waals surface area (Å²) >= 11 is 4.86.